The number of carbonyl (C=O) groups excluding carboxylic acids is 1. The van der Waals surface area contributed by atoms with Crippen molar-refractivity contribution < 1.29 is 63.9 Å². The largest absolute Gasteiger partial charge is 0.505 e. The molecule has 1 amide bonds. The van der Waals surface area contributed by atoms with Crippen LogP contribution >= 0.6 is 0 Å². The predicted molar refractivity (Wildman–Crippen MR) is 186 cm³/mol. The summed E-state index contributed by atoms with van der Waals surface area (Å²) in [5, 5.41) is 42.5. The van der Waals surface area contributed by atoms with Gasteiger partial charge in [-0.3, -0.25) is 13.9 Å². The number of sulfonamides is 1. The molecule has 0 bridgehead atoms. The number of rotatable bonds is 15. The molecular weight excluding hydrogens is 751 g/mol. The minimum atomic E-state index is -5.15. The summed E-state index contributed by atoms with van der Waals surface area (Å²) >= 11 is 0. The Morgan fingerprint density at radius 2 is 1.40 bits per heavy atom. The van der Waals surface area contributed by atoms with Crippen molar-refractivity contribution in [2.45, 2.75) is 21.6 Å². The molecule has 22 heteroatoms. The molecule has 0 aliphatic rings. The Balaban J connectivity index is 1.79. The number of methoxy groups -OCH3 is 2. The van der Waals surface area contributed by atoms with Crippen molar-refractivity contribution in [1.82, 2.24) is 4.31 Å². The number of aliphatic hydroxyl groups excluding tert-OH is 2. The number of aromatic hydroxyl groups is 1. The molecule has 0 atom stereocenters. The highest BCUT2D eigenvalue weighted by atomic mass is 32.2. The molecule has 280 valence electrons. The SMILES string of the molecule is COc1cc(Nc2c(S(=O)(=O)O)cc3cc(S(=O)(=O)O)cc(NC(C)=O)c3c2O)c(OC)cc1/N=N/c1ccc(S(=O)(=O)N(CCO)CCO)cc1. The van der Waals surface area contributed by atoms with Crippen molar-refractivity contribution in [3.05, 3.63) is 54.6 Å². The maximum Gasteiger partial charge on any atom is 0.296 e. The van der Waals surface area contributed by atoms with Gasteiger partial charge in [0.1, 0.15) is 33.5 Å². The fourth-order valence-electron chi connectivity index (χ4n) is 4.94. The molecule has 0 spiro atoms. The van der Waals surface area contributed by atoms with Crippen molar-refractivity contribution in [3.8, 4) is 17.2 Å². The van der Waals surface area contributed by atoms with Crippen molar-refractivity contribution in [2.24, 2.45) is 10.2 Å². The summed E-state index contributed by atoms with van der Waals surface area (Å²) in [5.41, 5.74) is -0.703. The molecule has 19 nitrogen and oxygen atoms in total. The number of hydrogen-bond donors (Lipinski definition) is 7. The van der Waals surface area contributed by atoms with Gasteiger partial charge < -0.3 is 35.4 Å². The fraction of sp³-hybridized carbons (Fsp3) is 0.233. The molecule has 52 heavy (non-hydrogen) atoms. The van der Waals surface area contributed by atoms with Crippen LogP contribution in [0.25, 0.3) is 10.8 Å². The van der Waals surface area contributed by atoms with Crippen LogP contribution in [-0.4, -0.2) is 100 Å². The van der Waals surface area contributed by atoms with Gasteiger partial charge in [-0.1, -0.05) is 0 Å². The molecular formula is C30H33N5O14S3. The molecule has 0 aromatic heterocycles. The molecule has 0 saturated carbocycles. The first kappa shape index (κ1) is 39.8. The number of fused-ring (bicyclic) bond motifs is 1. The maximum atomic E-state index is 12.9. The first-order valence-corrected chi connectivity index (χ1v) is 19.0. The first-order valence-electron chi connectivity index (χ1n) is 14.7. The van der Waals surface area contributed by atoms with Crippen molar-refractivity contribution in [1.29, 1.82) is 0 Å². The van der Waals surface area contributed by atoms with Crippen LogP contribution in [-0.2, 0) is 35.1 Å². The highest BCUT2D eigenvalue weighted by molar-refractivity contribution is 7.89. The van der Waals surface area contributed by atoms with Crippen LogP contribution in [0.4, 0.5) is 28.4 Å². The number of phenolic OH excluding ortho intramolecular Hbond substituents is 1. The van der Waals surface area contributed by atoms with E-state index in [4.69, 9.17) is 9.47 Å². The molecule has 0 saturated heterocycles. The lowest BCUT2D eigenvalue weighted by atomic mass is 10.1. The summed E-state index contributed by atoms with van der Waals surface area (Å²) in [6, 6.07) is 10.3. The Labute approximate surface area is 297 Å². The summed E-state index contributed by atoms with van der Waals surface area (Å²) in [4.78, 5) is 10.2. The lowest BCUT2D eigenvalue weighted by Gasteiger charge is -2.20. The van der Waals surface area contributed by atoms with E-state index in [1.807, 2.05) is 0 Å². The smallest absolute Gasteiger partial charge is 0.296 e. The van der Waals surface area contributed by atoms with E-state index in [2.05, 4.69) is 20.9 Å². The third kappa shape index (κ3) is 8.74. The minimum Gasteiger partial charge on any atom is -0.505 e. The molecule has 4 aromatic rings. The van der Waals surface area contributed by atoms with Gasteiger partial charge >= 0.3 is 0 Å². The number of nitrogens with zero attached hydrogens (tertiary/aromatic N) is 3. The Kier molecular flexibility index (Phi) is 12.1. The molecule has 0 radical (unpaired) electrons. The average Bonchev–Trinajstić information content (AvgIpc) is 3.07. The summed E-state index contributed by atoms with van der Waals surface area (Å²) < 4.78 is 106. The second-order valence-electron chi connectivity index (χ2n) is 10.7. The Bertz CT molecular complexity index is 2360. The third-order valence-electron chi connectivity index (χ3n) is 7.24. The van der Waals surface area contributed by atoms with E-state index in [0.29, 0.717) is 0 Å². The third-order valence-corrected chi connectivity index (χ3v) is 10.9. The van der Waals surface area contributed by atoms with Crippen molar-refractivity contribution in [2.75, 3.05) is 51.2 Å². The zero-order valence-corrected chi connectivity index (χ0v) is 30.0. The van der Waals surface area contributed by atoms with Crippen LogP contribution in [0.5, 0.6) is 17.2 Å². The number of carbonyl (C=O) groups is 1. The zero-order chi connectivity index (χ0) is 38.6. The summed E-state index contributed by atoms with van der Waals surface area (Å²) in [7, 11) is -11.5. The van der Waals surface area contributed by atoms with Crippen molar-refractivity contribution >= 4 is 75.4 Å². The first-order chi connectivity index (χ1) is 24.3. The predicted octanol–water partition coefficient (Wildman–Crippen LogP) is 3.15. The number of nitrogens with one attached hydrogen (secondary N) is 2. The normalized spacial score (nSPS) is 12.4. The number of phenols is 1. The summed E-state index contributed by atoms with van der Waals surface area (Å²) in [5.74, 6) is -1.56. The van der Waals surface area contributed by atoms with Gasteiger partial charge in [0.05, 0.1) is 54.3 Å². The number of anilines is 3. The van der Waals surface area contributed by atoms with Crippen LogP contribution in [0, 0.1) is 0 Å². The van der Waals surface area contributed by atoms with Gasteiger partial charge in [-0.2, -0.15) is 26.3 Å². The van der Waals surface area contributed by atoms with Crippen LogP contribution in [0.3, 0.4) is 0 Å². The highest BCUT2D eigenvalue weighted by Crippen LogP contribution is 2.47. The number of hydrogen-bond acceptors (Lipinski definition) is 15. The van der Waals surface area contributed by atoms with Gasteiger partial charge in [0, 0.05) is 37.5 Å². The molecule has 0 unspecified atom stereocenters. The highest BCUT2D eigenvalue weighted by Gasteiger charge is 2.27. The monoisotopic (exact) mass is 783 g/mol. The van der Waals surface area contributed by atoms with E-state index in [1.165, 1.54) is 50.6 Å². The van der Waals surface area contributed by atoms with E-state index >= 15 is 0 Å². The fourth-order valence-corrected chi connectivity index (χ4v) is 7.59. The van der Waals surface area contributed by atoms with Crippen LogP contribution in [0.2, 0.25) is 0 Å². The lowest BCUT2D eigenvalue weighted by molar-refractivity contribution is -0.114. The topological polar surface area (TPSA) is 291 Å². The van der Waals surface area contributed by atoms with Gasteiger partial charge in [0.2, 0.25) is 15.9 Å². The number of ether oxygens (including phenoxy) is 2. The molecule has 0 fully saturated rings. The second-order valence-corrected chi connectivity index (χ2v) is 15.4. The molecule has 0 heterocycles. The Hall–Kier alpha value is -4.94. The molecule has 0 aliphatic heterocycles. The Morgan fingerprint density at radius 3 is 1.92 bits per heavy atom. The zero-order valence-electron chi connectivity index (χ0n) is 27.5. The van der Waals surface area contributed by atoms with E-state index in [-0.39, 0.29) is 63.0 Å². The van der Waals surface area contributed by atoms with E-state index in [0.717, 1.165) is 29.4 Å². The lowest BCUT2D eigenvalue weighted by Crippen LogP contribution is -2.35. The number of azo groups is 1. The van der Waals surface area contributed by atoms with Gasteiger partial charge in [0.25, 0.3) is 20.2 Å². The van der Waals surface area contributed by atoms with Crippen LogP contribution in [0.1, 0.15) is 6.92 Å². The van der Waals surface area contributed by atoms with Gasteiger partial charge in [0.15, 0.2) is 0 Å². The number of benzene rings is 4. The van der Waals surface area contributed by atoms with E-state index in [1.54, 1.807) is 0 Å². The van der Waals surface area contributed by atoms with E-state index in [9.17, 15) is 54.5 Å². The Morgan fingerprint density at radius 1 is 0.788 bits per heavy atom. The van der Waals surface area contributed by atoms with Crippen molar-refractivity contribution in [3.63, 3.8) is 0 Å². The standard InChI is InChI=1S/C30H33N5O14S3/c1-17(38)31-24-14-21(51(42,43)44)12-18-13-27(52(45,46)47)29(30(39)28(18)24)32-22-15-26(49-3)23(16-25(22)48-2)34-33-19-4-6-20(7-5-19)50(40,41)35(8-10-36)9-11-37/h4-7,12-16,32,36-37,39H,8-11H2,1-3H3,(H,31,38)(H,42,43,44)(H,45,46,47)/b34-33+. The number of amides is 1. The molecule has 0 aliphatic carbocycles. The molecule has 7 N–H and O–H groups in total. The quantitative estimate of drug-likeness (QED) is 0.0518. The summed E-state index contributed by atoms with van der Waals surface area (Å²) in [6.45, 7) is -0.250. The van der Waals surface area contributed by atoms with Gasteiger partial charge in [-0.25, -0.2) is 8.42 Å². The van der Waals surface area contributed by atoms with Gasteiger partial charge in [-0.05, 0) is 47.9 Å². The van der Waals surface area contributed by atoms with Crippen LogP contribution < -0.4 is 20.1 Å². The van der Waals surface area contributed by atoms with Crippen LogP contribution in [0.15, 0.2) is 79.5 Å². The summed E-state index contributed by atoms with van der Waals surface area (Å²) in [6.07, 6.45) is 0. The van der Waals surface area contributed by atoms with E-state index < -0.39 is 70.6 Å². The average molecular weight is 784 g/mol. The molecule has 4 aromatic carbocycles. The number of aliphatic hydroxyl groups is 2. The minimum absolute atomic E-state index is 0.0198. The molecule has 4 rings (SSSR count). The second kappa shape index (κ2) is 15.7. The maximum absolute atomic E-state index is 12.9. The van der Waals surface area contributed by atoms with Gasteiger partial charge in [-0.15, -0.1) is 5.11 Å².